The number of thioether (sulfide) groups is 1. The van der Waals surface area contributed by atoms with Gasteiger partial charge in [0.2, 0.25) is 11.8 Å². The van der Waals surface area contributed by atoms with Crippen molar-refractivity contribution in [2.75, 3.05) is 31.0 Å². The summed E-state index contributed by atoms with van der Waals surface area (Å²) in [5.74, 6) is 0.615. The number of benzene rings is 3. The zero-order valence-electron chi connectivity index (χ0n) is 25.5. The maximum Gasteiger partial charge on any atom is 0.305 e. The number of rotatable bonds is 8. The van der Waals surface area contributed by atoms with Gasteiger partial charge < -0.3 is 24.5 Å². The molecule has 4 aromatic rings. The fourth-order valence-electron chi connectivity index (χ4n) is 8.17. The standard InChI is InChI=1S/C35H31N3O7S2/c1-43-20-11-5-18(6-12-20)36-25(39)16-45-22-9-3-17(4-10-22)26-27-23-15-24(30(27)46-32-31(26)47-35(42)37-32)29-28(23)33(40)38(34(29)41)19-7-13-21(44-2)14-8-19/h3-14,23-24,26-30H,15-16H2,1-2H3,(H,36,39)(H,37,42)/t23?,24?,26-,27?,28?,29?,30?/m1/s1. The topological polar surface area (TPSA) is 127 Å². The van der Waals surface area contributed by atoms with Gasteiger partial charge in [0, 0.05) is 21.7 Å². The minimum Gasteiger partial charge on any atom is -0.497 e. The van der Waals surface area contributed by atoms with E-state index in [9.17, 15) is 19.2 Å². The van der Waals surface area contributed by atoms with Gasteiger partial charge in [-0.15, -0.1) is 11.8 Å². The number of methoxy groups -OCH3 is 2. The van der Waals surface area contributed by atoms with Crippen molar-refractivity contribution in [1.82, 2.24) is 4.98 Å². The van der Waals surface area contributed by atoms with E-state index in [4.69, 9.17) is 14.2 Å². The van der Waals surface area contributed by atoms with Gasteiger partial charge in [-0.25, -0.2) is 0 Å². The van der Waals surface area contributed by atoms with Crippen LogP contribution in [0.15, 0.2) is 82.6 Å². The molecule has 2 aliphatic heterocycles. The van der Waals surface area contributed by atoms with Crippen LogP contribution < -0.4 is 29.3 Å². The number of thiazole rings is 1. The second-order valence-corrected chi connectivity index (χ2v) is 14.5. The molecular formula is C35H31N3O7S2. The molecule has 12 heteroatoms. The maximum absolute atomic E-state index is 14.0. The lowest BCUT2D eigenvalue weighted by Gasteiger charge is -2.43. The predicted octanol–water partition coefficient (Wildman–Crippen LogP) is 5.15. The van der Waals surface area contributed by atoms with Crippen molar-refractivity contribution < 1.29 is 28.6 Å². The van der Waals surface area contributed by atoms with Crippen molar-refractivity contribution in [2.24, 2.45) is 29.6 Å². The number of aromatic nitrogens is 1. The van der Waals surface area contributed by atoms with Gasteiger partial charge in [0.1, 0.15) is 17.2 Å². The summed E-state index contributed by atoms with van der Waals surface area (Å²) in [5.41, 5.74) is 2.22. The van der Waals surface area contributed by atoms with E-state index >= 15 is 0 Å². The summed E-state index contributed by atoms with van der Waals surface area (Å²) in [7, 11) is 3.16. The number of anilines is 2. The molecule has 1 saturated heterocycles. The summed E-state index contributed by atoms with van der Waals surface area (Å²) in [6, 6.07) is 21.7. The van der Waals surface area contributed by atoms with Gasteiger partial charge in [0.15, 0.2) is 6.61 Å². The third-order valence-corrected chi connectivity index (χ3v) is 12.6. The van der Waals surface area contributed by atoms with Crippen LogP contribution in [0.1, 0.15) is 22.8 Å². The molecule has 8 rings (SSSR count). The van der Waals surface area contributed by atoms with E-state index < -0.39 is 0 Å². The number of ether oxygens (including phenoxy) is 3. The van der Waals surface area contributed by atoms with Crippen LogP contribution in [0.3, 0.4) is 0 Å². The van der Waals surface area contributed by atoms with Gasteiger partial charge in [-0.2, -0.15) is 0 Å². The van der Waals surface area contributed by atoms with Crippen LogP contribution >= 0.6 is 23.1 Å². The number of nitrogens with one attached hydrogen (secondary N) is 2. The van der Waals surface area contributed by atoms with Crippen LogP contribution in [0.4, 0.5) is 11.4 Å². The number of nitrogens with zero attached hydrogens (tertiary/aromatic N) is 1. The lowest BCUT2D eigenvalue weighted by atomic mass is 9.68. The number of hydrogen-bond acceptors (Lipinski definition) is 9. The molecule has 240 valence electrons. The summed E-state index contributed by atoms with van der Waals surface area (Å²) < 4.78 is 16.2. The Morgan fingerprint density at radius 2 is 1.47 bits per heavy atom. The maximum atomic E-state index is 14.0. The Hall–Kier alpha value is -4.55. The molecule has 3 aromatic carbocycles. The highest BCUT2D eigenvalue weighted by molar-refractivity contribution is 8.00. The zero-order chi connectivity index (χ0) is 32.4. The Morgan fingerprint density at radius 1 is 0.851 bits per heavy atom. The first-order chi connectivity index (χ1) is 22.8. The molecule has 2 N–H and O–H groups in total. The molecule has 3 amide bonds. The molecule has 3 heterocycles. The lowest BCUT2D eigenvalue weighted by molar-refractivity contribution is -0.123. The quantitative estimate of drug-likeness (QED) is 0.247. The molecule has 47 heavy (non-hydrogen) atoms. The van der Waals surface area contributed by atoms with Gasteiger partial charge in [0.25, 0.3) is 5.91 Å². The third kappa shape index (κ3) is 4.92. The molecule has 3 fully saturated rings. The first-order valence-corrected chi connectivity index (χ1v) is 17.1. The van der Waals surface area contributed by atoms with Crippen molar-refractivity contribution in [1.29, 1.82) is 0 Å². The van der Waals surface area contributed by atoms with Gasteiger partial charge in [-0.1, -0.05) is 23.5 Å². The second-order valence-electron chi connectivity index (χ2n) is 12.3. The van der Waals surface area contributed by atoms with E-state index in [0.29, 0.717) is 28.6 Å². The number of carbonyl (C=O) groups excluding carboxylic acids is 3. The predicted molar refractivity (Wildman–Crippen MR) is 178 cm³/mol. The Balaban J connectivity index is 1.03. The van der Waals surface area contributed by atoms with E-state index in [1.807, 2.05) is 24.3 Å². The molecule has 2 aliphatic carbocycles. The third-order valence-electron chi connectivity index (χ3n) is 10.0. The average molecular weight is 670 g/mol. The zero-order valence-corrected chi connectivity index (χ0v) is 27.1. The largest absolute Gasteiger partial charge is 0.497 e. The summed E-state index contributed by atoms with van der Waals surface area (Å²) in [4.78, 5) is 58.2. The fraction of sp³-hybridized carbons (Fsp3) is 0.314. The Bertz CT molecular complexity index is 1920. The van der Waals surface area contributed by atoms with Gasteiger partial charge >= 0.3 is 4.87 Å². The van der Waals surface area contributed by atoms with Crippen molar-refractivity contribution in [2.45, 2.75) is 22.6 Å². The summed E-state index contributed by atoms with van der Waals surface area (Å²) >= 11 is 2.88. The van der Waals surface area contributed by atoms with E-state index in [1.54, 1.807) is 74.5 Å². The highest BCUT2D eigenvalue weighted by Crippen LogP contribution is 2.68. The number of H-pyrrole nitrogens is 1. The first-order valence-electron chi connectivity index (χ1n) is 15.4. The van der Waals surface area contributed by atoms with Crippen LogP contribution in [-0.2, 0) is 14.4 Å². The molecular weight excluding hydrogens is 639 g/mol. The smallest absolute Gasteiger partial charge is 0.305 e. The summed E-state index contributed by atoms with van der Waals surface area (Å²) in [6.07, 6.45) is 0.811. The minimum absolute atomic E-state index is 0.00938. The molecule has 7 atom stereocenters. The second kappa shape index (κ2) is 11.6. The van der Waals surface area contributed by atoms with Crippen LogP contribution in [0.25, 0.3) is 0 Å². The molecule has 2 saturated carbocycles. The Morgan fingerprint density at radius 3 is 2.13 bits per heavy atom. The SMILES string of the molecule is COc1ccc(NC(=O)COc2ccc([C@H]3c4sc(=O)[nH]c4SC4C5CC(C6C(=O)N(c7ccc(OC)cc7)C(=O)C56)C43)cc2)cc1. The van der Waals surface area contributed by atoms with Gasteiger partial charge in [-0.05, 0) is 90.4 Å². The molecule has 0 radical (unpaired) electrons. The monoisotopic (exact) mass is 669 g/mol. The van der Waals surface area contributed by atoms with E-state index in [1.165, 1.54) is 16.2 Å². The molecule has 2 bridgehead atoms. The van der Waals surface area contributed by atoms with Crippen LogP contribution in [0.2, 0.25) is 0 Å². The number of amides is 3. The van der Waals surface area contributed by atoms with Gasteiger partial charge in [-0.3, -0.25) is 24.1 Å². The van der Waals surface area contributed by atoms with Crippen molar-refractivity contribution >= 4 is 52.2 Å². The molecule has 0 spiro atoms. The fourth-order valence-corrected chi connectivity index (χ4v) is 11.1. The van der Waals surface area contributed by atoms with Crippen molar-refractivity contribution in [3.8, 4) is 17.2 Å². The summed E-state index contributed by atoms with van der Waals surface area (Å²) in [6.45, 7) is -0.159. The van der Waals surface area contributed by atoms with Crippen molar-refractivity contribution in [3.05, 3.63) is 92.9 Å². The van der Waals surface area contributed by atoms with Crippen LogP contribution in [0, 0.1) is 29.6 Å². The molecule has 10 nitrogen and oxygen atoms in total. The summed E-state index contributed by atoms with van der Waals surface area (Å²) in [5, 5.41) is 3.76. The van der Waals surface area contributed by atoms with E-state index in [0.717, 1.165) is 21.9 Å². The van der Waals surface area contributed by atoms with E-state index in [2.05, 4.69) is 10.3 Å². The average Bonchev–Trinajstić information content (AvgIpc) is 3.83. The highest BCUT2D eigenvalue weighted by atomic mass is 32.2. The number of aromatic amines is 1. The molecule has 1 aromatic heterocycles. The van der Waals surface area contributed by atoms with Crippen LogP contribution in [0.5, 0.6) is 17.2 Å². The highest BCUT2D eigenvalue weighted by Gasteiger charge is 2.69. The van der Waals surface area contributed by atoms with Crippen LogP contribution in [-0.4, -0.2) is 48.8 Å². The molecule has 4 aliphatic rings. The Kier molecular flexibility index (Phi) is 7.36. The molecule has 6 unspecified atom stereocenters. The Labute approximate surface area is 278 Å². The lowest BCUT2D eigenvalue weighted by Crippen LogP contribution is -2.42. The first kappa shape index (κ1) is 29.8. The normalized spacial score (nSPS) is 26.9. The number of carbonyl (C=O) groups is 3. The number of fused-ring (bicyclic) bond motifs is 9. The van der Waals surface area contributed by atoms with Crippen molar-refractivity contribution in [3.63, 3.8) is 0 Å². The number of hydrogen-bond donors (Lipinski definition) is 2. The van der Waals surface area contributed by atoms with E-state index in [-0.39, 0.29) is 70.0 Å². The van der Waals surface area contributed by atoms with Gasteiger partial charge in [0.05, 0.1) is 36.8 Å². The number of imide groups is 1. The minimum atomic E-state index is -0.386.